The van der Waals surface area contributed by atoms with E-state index in [0.717, 1.165) is 6.42 Å². The van der Waals surface area contributed by atoms with Crippen molar-refractivity contribution in [3.63, 3.8) is 0 Å². The third-order valence-corrected chi connectivity index (χ3v) is 3.83. The number of carbonyl (C=O) groups is 1. The molecule has 1 aliphatic heterocycles. The Morgan fingerprint density at radius 1 is 1.38 bits per heavy atom. The second kappa shape index (κ2) is 7.52. The zero-order chi connectivity index (χ0) is 15.2. The standard InChI is InChI=1S/C16H23FN2O2/c1-3-15(13-6-4-5-7-14(13)17)18-12(2)16(20)19-8-10-21-11-9-19/h4-7,12,15,18H,3,8-11H2,1-2H3. The third kappa shape index (κ3) is 4.02. The number of morpholine rings is 1. The Bertz CT molecular complexity index is 475. The van der Waals surface area contributed by atoms with Crippen LogP contribution in [0.15, 0.2) is 24.3 Å². The van der Waals surface area contributed by atoms with Crippen LogP contribution in [0.1, 0.15) is 31.9 Å². The first-order valence-corrected chi connectivity index (χ1v) is 7.50. The lowest BCUT2D eigenvalue weighted by atomic mass is 10.0. The molecule has 1 aliphatic rings. The van der Waals surface area contributed by atoms with Crippen molar-refractivity contribution in [2.75, 3.05) is 26.3 Å². The van der Waals surface area contributed by atoms with Gasteiger partial charge < -0.3 is 9.64 Å². The van der Waals surface area contributed by atoms with Crippen LogP contribution in [0.4, 0.5) is 4.39 Å². The number of carbonyl (C=O) groups excluding carboxylic acids is 1. The van der Waals surface area contributed by atoms with Crippen LogP contribution in [-0.4, -0.2) is 43.2 Å². The first kappa shape index (κ1) is 15.9. The number of benzene rings is 1. The summed E-state index contributed by atoms with van der Waals surface area (Å²) in [6.45, 7) is 6.24. The normalized spacial score (nSPS) is 18.3. The molecule has 0 bridgehead atoms. The molecule has 1 aromatic carbocycles. The number of ether oxygens (including phenoxy) is 1. The molecule has 1 aromatic rings. The summed E-state index contributed by atoms with van der Waals surface area (Å²) >= 11 is 0. The maximum absolute atomic E-state index is 13.9. The first-order valence-electron chi connectivity index (χ1n) is 7.50. The maximum atomic E-state index is 13.9. The van der Waals surface area contributed by atoms with E-state index in [4.69, 9.17) is 4.74 Å². The molecular weight excluding hydrogens is 271 g/mol. The summed E-state index contributed by atoms with van der Waals surface area (Å²) in [6.07, 6.45) is 0.724. The summed E-state index contributed by atoms with van der Waals surface area (Å²) in [4.78, 5) is 14.2. The van der Waals surface area contributed by atoms with Crippen molar-refractivity contribution >= 4 is 5.91 Å². The molecule has 21 heavy (non-hydrogen) atoms. The first-order chi connectivity index (χ1) is 10.1. The number of nitrogens with zero attached hydrogens (tertiary/aromatic N) is 1. The summed E-state index contributed by atoms with van der Waals surface area (Å²) in [5.41, 5.74) is 0.613. The lowest BCUT2D eigenvalue weighted by Gasteiger charge is -2.31. The van der Waals surface area contributed by atoms with E-state index in [1.54, 1.807) is 17.0 Å². The Hall–Kier alpha value is -1.46. The minimum Gasteiger partial charge on any atom is -0.378 e. The number of hydrogen-bond donors (Lipinski definition) is 1. The fourth-order valence-corrected chi connectivity index (χ4v) is 2.62. The summed E-state index contributed by atoms with van der Waals surface area (Å²) in [5.74, 6) is -0.184. The van der Waals surface area contributed by atoms with Crippen LogP contribution < -0.4 is 5.32 Å². The molecule has 4 nitrogen and oxygen atoms in total. The van der Waals surface area contributed by atoms with Crippen LogP contribution in [0.25, 0.3) is 0 Å². The van der Waals surface area contributed by atoms with Gasteiger partial charge in [-0.1, -0.05) is 25.1 Å². The van der Waals surface area contributed by atoms with E-state index in [1.807, 2.05) is 19.9 Å². The second-order valence-corrected chi connectivity index (χ2v) is 5.31. The van der Waals surface area contributed by atoms with Crippen molar-refractivity contribution in [2.24, 2.45) is 0 Å². The summed E-state index contributed by atoms with van der Waals surface area (Å²) in [5, 5.41) is 3.25. The molecule has 1 amide bonds. The quantitative estimate of drug-likeness (QED) is 0.904. The number of nitrogens with one attached hydrogen (secondary N) is 1. The van der Waals surface area contributed by atoms with Gasteiger partial charge in [-0.2, -0.15) is 0 Å². The second-order valence-electron chi connectivity index (χ2n) is 5.31. The van der Waals surface area contributed by atoms with Crippen molar-refractivity contribution < 1.29 is 13.9 Å². The molecule has 1 heterocycles. The lowest BCUT2D eigenvalue weighted by Crippen LogP contribution is -2.49. The van der Waals surface area contributed by atoms with E-state index in [1.165, 1.54) is 6.07 Å². The van der Waals surface area contributed by atoms with Crippen LogP contribution in [0.2, 0.25) is 0 Å². The molecule has 1 fully saturated rings. The average Bonchev–Trinajstić information content (AvgIpc) is 2.53. The van der Waals surface area contributed by atoms with Gasteiger partial charge in [0.05, 0.1) is 19.3 Å². The number of halogens is 1. The van der Waals surface area contributed by atoms with Gasteiger partial charge in [-0.15, -0.1) is 0 Å². The molecule has 0 saturated carbocycles. The van der Waals surface area contributed by atoms with Crippen molar-refractivity contribution in [1.29, 1.82) is 0 Å². The smallest absolute Gasteiger partial charge is 0.239 e. The van der Waals surface area contributed by atoms with Gasteiger partial charge in [-0.25, -0.2) is 4.39 Å². The monoisotopic (exact) mass is 294 g/mol. The fraction of sp³-hybridized carbons (Fsp3) is 0.562. The predicted octanol–water partition coefficient (Wildman–Crippen LogP) is 2.11. The minimum atomic E-state index is -0.340. The Balaban J connectivity index is 2.00. The van der Waals surface area contributed by atoms with Crippen LogP contribution in [0, 0.1) is 5.82 Å². The van der Waals surface area contributed by atoms with Gasteiger partial charge in [0, 0.05) is 24.7 Å². The highest BCUT2D eigenvalue weighted by atomic mass is 19.1. The molecule has 0 aliphatic carbocycles. The van der Waals surface area contributed by atoms with Crippen molar-refractivity contribution in [2.45, 2.75) is 32.4 Å². The van der Waals surface area contributed by atoms with Crippen LogP contribution in [0.5, 0.6) is 0 Å². The van der Waals surface area contributed by atoms with Gasteiger partial charge in [0.15, 0.2) is 0 Å². The van der Waals surface area contributed by atoms with Gasteiger partial charge in [-0.3, -0.25) is 10.1 Å². The van der Waals surface area contributed by atoms with Gasteiger partial charge in [-0.05, 0) is 19.4 Å². The van der Waals surface area contributed by atoms with Crippen molar-refractivity contribution in [3.05, 3.63) is 35.6 Å². The highest BCUT2D eigenvalue weighted by molar-refractivity contribution is 5.81. The Morgan fingerprint density at radius 3 is 2.67 bits per heavy atom. The molecule has 2 atom stereocenters. The maximum Gasteiger partial charge on any atom is 0.239 e. The highest BCUT2D eigenvalue weighted by Crippen LogP contribution is 2.20. The van der Waals surface area contributed by atoms with E-state index >= 15 is 0 Å². The molecule has 1 saturated heterocycles. The summed E-state index contributed by atoms with van der Waals surface area (Å²) in [6, 6.07) is 6.21. The van der Waals surface area contributed by atoms with Crippen LogP contribution >= 0.6 is 0 Å². The Morgan fingerprint density at radius 2 is 2.05 bits per heavy atom. The number of hydrogen-bond acceptors (Lipinski definition) is 3. The zero-order valence-electron chi connectivity index (χ0n) is 12.6. The molecule has 1 N–H and O–H groups in total. The Kier molecular flexibility index (Phi) is 5.70. The van der Waals surface area contributed by atoms with Crippen LogP contribution in [-0.2, 0) is 9.53 Å². The van der Waals surface area contributed by atoms with E-state index in [-0.39, 0.29) is 23.8 Å². The zero-order valence-corrected chi connectivity index (χ0v) is 12.6. The Labute approximate surface area is 125 Å². The SMILES string of the molecule is CCC(NC(C)C(=O)N1CCOCC1)c1ccccc1F. The van der Waals surface area contributed by atoms with E-state index in [0.29, 0.717) is 31.9 Å². The molecule has 5 heteroatoms. The molecule has 2 rings (SSSR count). The largest absolute Gasteiger partial charge is 0.378 e. The molecular formula is C16H23FN2O2. The van der Waals surface area contributed by atoms with Gasteiger partial charge >= 0.3 is 0 Å². The van der Waals surface area contributed by atoms with Gasteiger partial charge in [0.2, 0.25) is 5.91 Å². The number of rotatable bonds is 5. The topological polar surface area (TPSA) is 41.6 Å². The van der Waals surface area contributed by atoms with E-state index in [2.05, 4.69) is 5.32 Å². The van der Waals surface area contributed by atoms with Crippen molar-refractivity contribution in [3.8, 4) is 0 Å². The van der Waals surface area contributed by atoms with Gasteiger partial charge in [0.1, 0.15) is 5.82 Å². The van der Waals surface area contributed by atoms with E-state index < -0.39 is 0 Å². The molecule has 0 spiro atoms. The molecule has 0 aromatic heterocycles. The number of amides is 1. The predicted molar refractivity (Wildman–Crippen MR) is 79.4 cm³/mol. The van der Waals surface area contributed by atoms with Crippen molar-refractivity contribution in [1.82, 2.24) is 10.2 Å². The van der Waals surface area contributed by atoms with Crippen LogP contribution in [0.3, 0.4) is 0 Å². The molecule has 116 valence electrons. The average molecular weight is 294 g/mol. The van der Waals surface area contributed by atoms with Gasteiger partial charge in [0.25, 0.3) is 0 Å². The fourth-order valence-electron chi connectivity index (χ4n) is 2.62. The third-order valence-electron chi connectivity index (χ3n) is 3.83. The lowest BCUT2D eigenvalue weighted by molar-refractivity contribution is -0.137. The molecule has 0 radical (unpaired) electrons. The summed E-state index contributed by atoms with van der Waals surface area (Å²) < 4.78 is 19.1. The summed E-state index contributed by atoms with van der Waals surface area (Å²) in [7, 11) is 0. The minimum absolute atomic E-state index is 0.0492. The molecule has 2 unspecified atom stereocenters. The highest BCUT2D eigenvalue weighted by Gasteiger charge is 2.25. The van der Waals surface area contributed by atoms with E-state index in [9.17, 15) is 9.18 Å².